The fourth-order valence-corrected chi connectivity index (χ4v) is 2.87. The molecule has 1 aliphatic heterocycles. The molecule has 3 rings (SSSR count). The number of benzene rings is 1. The van der Waals surface area contributed by atoms with Crippen LogP contribution in [0.2, 0.25) is 5.02 Å². The van der Waals surface area contributed by atoms with Gasteiger partial charge in [-0.05, 0) is 37.1 Å². The number of halogens is 2. The van der Waals surface area contributed by atoms with E-state index in [1.807, 2.05) is 24.3 Å². The third-order valence-corrected chi connectivity index (χ3v) is 4.27. The van der Waals surface area contributed by atoms with Gasteiger partial charge in [-0.1, -0.05) is 35.8 Å². The molecule has 1 fully saturated rings. The van der Waals surface area contributed by atoms with Gasteiger partial charge in [0.1, 0.15) is 0 Å². The molecule has 0 saturated carbocycles. The van der Waals surface area contributed by atoms with Crippen molar-refractivity contribution in [2.24, 2.45) is 11.1 Å². The van der Waals surface area contributed by atoms with Crippen molar-refractivity contribution < 1.29 is 4.52 Å². The van der Waals surface area contributed by atoms with Crippen LogP contribution in [0.5, 0.6) is 0 Å². The Hall–Kier alpha value is -1.14. The Morgan fingerprint density at radius 2 is 2.27 bits per heavy atom. The van der Waals surface area contributed by atoms with Crippen LogP contribution in [0.15, 0.2) is 28.8 Å². The van der Waals surface area contributed by atoms with Gasteiger partial charge in [-0.15, -0.1) is 12.4 Å². The minimum Gasteiger partial charge on any atom is -0.338 e. The fraction of sp³-hybridized carbons (Fsp3) is 0.467. The molecule has 0 amide bonds. The fourth-order valence-electron chi connectivity index (χ4n) is 2.68. The van der Waals surface area contributed by atoms with Crippen LogP contribution in [0.3, 0.4) is 0 Å². The Labute approximate surface area is 141 Å². The monoisotopic (exact) mass is 342 g/mol. The molecule has 7 heteroatoms. The molecule has 0 spiro atoms. The first kappa shape index (κ1) is 17.2. The molecule has 2 aromatic rings. The number of aromatic nitrogens is 2. The van der Waals surface area contributed by atoms with Crippen LogP contribution >= 0.6 is 24.0 Å². The lowest BCUT2D eigenvalue weighted by Crippen LogP contribution is -2.31. The lowest BCUT2D eigenvalue weighted by atomic mass is 9.90. The average Bonchev–Trinajstić information content (AvgIpc) is 3.07. The van der Waals surface area contributed by atoms with E-state index in [0.29, 0.717) is 29.8 Å². The molecule has 120 valence electrons. The van der Waals surface area contributed by atoms with Crippen molar-refractivity contribution in [2.75, 3.05) is 19.6 Å². The molecule has 0 bridgehead atoms. The number of likely N-dealkylation sites (tertiary alicyclic amines) is 1. The van der Waals surface area contributed by atoms with Crippen molar-refractivity contribution in [2.45, 2.75) is 19.9 Å². The standard InChI is InChI=1S/C15H19ClN4O.ClH/c1-15(9-17)5-6-20(10-15)8-13-18-14(19-21-13)11-3-2-4-12(16)7-11;/h2-4,7H,5-6,8-10,17H2,1H3;1H. The zero-order valence-corrected chi connectivity index (χ0v) is 14.0. The molecule has 5 nitrogen and oxygen atoms in total. The van der Waals surface area contributed by atoms with Gasteiger partial charge in [-0.3, -0.25) is 4.90 Å². The summed E-state index contributed by atoms with van der Waals surface area (Å²) in [6, 6.07) is 7.45. The molecule has 1 saturated heterocycles. The van der Waals surface area contributed by atoms with Crippen LogP contribution in [0, 0.1) is 5.41 Å². The minimum atomic E-state index is 0. The van der Waals surface area contributed by atoms with Crippen molar-refractivity contribution >= 4 is 24.0 Å². The van der Waals surface area contributed by atoms with Crippen LogP contribution in [0.1, 0.15) is 19.2 Å². The predicted octanol–water partition coefficient (Wildman–Crippen LogP) is 2.98. The summed E-state index contributed by atoms with van der Waals surface area (Å²) < 4.78 is 5.35. The van der Waals surface area contributed by atoms with Crippen LogP contribution in [-0.2, 0) is 6.54 Å². The summed E-state index contributed by atoms with van der Waals surface area (Å²) in [4.78, 5) is 6.76. The number of rotatable bonds is 4. The van der Waals surface area contributed by atoms with E-state index < -0.39 is 0 Å². The zero-order chi connectivity index (χ0) is 14.9. The summed E-state index contributed by atoms with van der Waals surface area (Å²) in [7, 11) is 0. The van der Waals surface area contributed by atoms with Crippen molar-refractivity contribution in [1.82, 2.24) is 15.0 Å². The van der Waals surface area contributed by atoms with E-state index in [1.165, 1.54) is 0 Å². The summed E-state index contributed by atoms with van der Waals surface area (Å²) in [6.07, 6.45) is 1.11. The third-order valence-electron chi connectivity index (χ3n) is 4.04. The maximum Gasteiger partial charge on any atom is 0.241 e. The van der Waals surface area contributed by atoms with E-state index in [0.717, 1.165) is 25.1 Å². The van der Waals surface area contributed by atoms with Crippen molar-refractivity contribution in [3.05, 3.63) is 35.2 Å². The molecule has 1 aromatic carbocycles. The second kappa shape index (κ2) is 6.96. The highest BCUT2D eigenvalue weighted by molar-refractivity contribution is 6.30. The largest absolute Gasteiger partial charge is 0.338 e. The van der Waals surface area contributed by atoms with E-state index in [9.17, 15) is 0 Å². The molecule has 1 aromatic heterocycles. The second-order valence-corrected chi connectivity index (χ2v) is 6.43. The molecule has 1 aliphatic rings. The highest BCUT2D eigenvalue weighted by atomic mass is 35.5. The topological polar surface area (TPSA) is 68.2 Å². The summed E-state index contributed by atoms with van der Waals surface area (Å²) in [6.45, 7) is 5.59. The van der Waals surface area contributed by atoms with E-state index in [-0.39, 0.29) is 17.8 Å². The van der Waals surface area contributed by atoms with Gasteiger partial charge in [-0.2, -0.15) is 4.98 Å². The molecular formula is C15H20Cl2N4O. The molecule has 1 unspecified atom stereocenters. The zero-order valence-electron chi connectivity index (χ0n) is 12.5. The number of hydrogen-bond acceptors (Lipinski definition) is 5. The Balaban J connectivity index is 0.00000176. The van der Waals surface area contributed by atoms with Crippen molar-refractivity contribution in [1.29, 1.82) is 0 Å². The molecular weight excluding hydrogens is 323 g/mol. The highest BCUT2D eigenvalue weighted by Gasteiger charge is 2.33. The molecule has 22 heavy (non-hydrogen) atoms. The van der Waals surface area contributed by atoms with E-state index in [4.69, 9.17) is 21.9 Å². The molecule has 0 radical (unpaired) electrons. The van der Waals surface area contributed by atoms with Crippen LogP contribution < -0.4 is 5.73 Å². The molecule has 1 atom stereocenters. The van der Waals surface area contributed by atoms with Gasteiger partial charge < -0.3 is 10.3 Å². The van der Waals surface area contributed by atoms with Crippen molar-refractivity contribution in [3.8, 4) is 11.4 Å². The first-order valence-electron chi connectivity index (χ1n) is 7.09. The lowest BCUT2D eigenvalue weighted by molar-refractivity contribution is 0.239. The highest BCUT2D eigenvalue weighted by Crippen LogP contribution is 2.29. The lowest BCUT2D eigenvalue weighted by Gasteiger charge is -2.21. The number of nitrogens with zero attached hydrogens (tertiary/aromatic N) is 3. The first-order chi connectivity index (χ1) is 10.1. The van der Waals surface area contributed by atoms with Crippen LogP contribution in [-0.4, -0.2) is 34.7 Å². The Kier molecular flexibility index (Phi) is 5.45. The van der Waals surface area contributed by atoms with E-state index >= 15 is 0 Å². The van der Waals surface area contributed by atoms with Crippen LogP contribution in [0.25, 0.3) is 11.4 Å². The second-order valence-electron chi connectivity index (χ2n) is 6.00. The number of nitrogens with two attached hydrogens (primary N) is 1. The maximum absolute atomic E-state index is 5.98. The minimum absolute atomic E-state index is 0. The van der Waals surface area contributed by atoms with E-state index in [2.05, 4.69) is 22.0 Å². The van der Waals surface area contributed by atoms with Crippen LogP contribution in [0.4, 0.5) is 0 Å². The summed E-state index contributed by atoms with van der Waals surface area (Å²) in [5.41, 5.74) is 6.90. The van der Waals surface area contributed by atoms with E-state index in [1.54, 1.807) is 0 Å². The van der Waals surface area contributed by atoms with Gasteiger partial charge in [0.05, 0.1) is 6.54 Å². The number of hydrogen-bond donors (Lipinski definition) is 1. The van der Waals surface area contributed by atoms with Gasteiger partial charge in [0, 0.05) is 17.1 Å². The molecule has 2 heterocycles. The normalized spacial score (nSPS) is 21.8. The quantitative estimate of drug-likeness (QED) is 0.924. The maximum atomic E-state index is 5.98. The first-order valence-corrected chi connectivity index (χ1v) is 7.47. The summed E-state index contributed by atoms with van der Waals surface area (Å²) >= 11 is 5.98. The van der Waals surface area contributed by atoms with Gasteiger partial charge in [0.2, 0.25) is 11.7 Å². The Morgan fingerprint density at radius 3 is 2.95 bits per heavy atom. The Morgan fingerprint density at radius 1 is 1.45 bits per heavy atom. The SMILES string of the molecule is CC1(CN)CCN(Cc2nc(-c3cccc(Cl)c3)no2)C1.Cl. The molecule has 2 N–H and O–H groups in total. The smallest absolute Gasteiger partial charge is 0.241 e. The van der Waals surface area contributed by atoms with Gasteiger partial charge in [-0.25, -0.2) is 0 Å². The Bertz CT molecular complexity index is 634. The van der Waals surface area contributed by atoms with Gasteiger partial charge >= 0.3 is 0 Å². The summed E-state index contributed by atoms with van der Waals surface area (Å²) in [5.74, 6) is 1.21. The predicted molar refractivity (Wildman–Crippen MR) is 89.0 cm³/mol. The van der Waals surface area contributed by atoms with Gasteiger partial charge in [0.15, 0.2) is 0 Å². The third kappa shape index (κ3) is 3.79. The summed E-state index contributed by atoms with van der Waals surface area (Å²) in [5, 5.41) is 4.69. The van der Waals surface area contributed by atoms with Gasteiger partial charge in [0.25, 0.3) is 0 Å². The average molecular weight is 343 g/mol. The molecule has 0 aliphatic carbocycles. The van der Waals surface area contributed by atoms with Crippen molar-refractivity contribution in [3.63, 3.8) is 0 Å².